The fourth-order valence-corrected chi connectivity index (χ4v) is 2.14. The Morgan fingerprint density at radius 2 is 2.50 bits per heavy atom. The molecule has 0 aromatic carbocycles. The quantitative estimate of drug-likeness (QED) is 0.852. The lowest BCUT2D eigenvalue weighted by Gasteiger charge is -2.24. The molecule has 1 heterocycles. The van der Waals surface area contributed by atoms with Crippen LogP contribution in [0, 0.1) is 5.92 Å². The fraction of sp³-hybridized carbons (Fsp3) is 0.615. The van der Waals surface area contributed by atoms with Crippen molar-refractivity contribution in [1.82, 2.24) is 5.32 Å². The zero-order valence-electron chi connectivity index (χ0n) is 9.95. The van der Waals surface area contributed by atoms with Crippen LogP contribution in [0.4, 0.5) is 0 Å². The standard InChI is InChI=1S/C13H19NO2/c1-3-9(2)13(15)14-11-5-4-6-12-10(11)7-8-16-12/h7-9,11H,3-6H2,1-2H3,(H,14,15). The summed E-state index contributed by atoms with van der Waals surface area (Å²) in [6.45, 7) is 4.00. The zero-order valence-corrected chi connectivity index (χ0v) is 9.95. The molecule has 0 aliphatic heterocycles. The summed E-state index contributed by atoms with van der Waals surface area (Å²) in [6, 6.07) is 2.14. The summed E-state index contributed by atoms with van der Waals surface area (Å²) in [5, 5.41) is 3.11. The maximum atomic E-state index is 11.8. The van der Waals surface area contributed by atoms with E-state index in [9.17, 15) is 4.79 Å². The molecule has 16 heavy (non-hydrogen) atoms. The van der Waals surface area contributed by atoms with Gasteiger partial charge in [0.05, 0.1) is 12.3 Å². The molecule has 0 fully saturated rings. The maximum Gasteiger partial charge on any atom is 0.223 e. The van der Waals surface area contributed by atoms with Gasteiger partial charge in [-0.25, -0.2) is 0 Å². The molecular formula is C13H19NO2. The van der Waals surface area contributed by atoms with Gasteiger partial charge in [0.1, 0.15) is 5.76 Å². The average Bonchev–Trinajstić information content (AvgIpc) is 2.77. The molecule has 1 N–H and O–H groups in total. The molecule has 0 saturated carbocycles. The van der Waals surface area contributed by atoms with Crippen LogP contribution >= 0.6 is 0 Å². The van der Waals surface area contributed by atoms with Crippen molar-refractivity contribution >= 4 is 5.91 Å². The minimum Gasteiger partial charge on any atom is -0.469 e. The fourth-order valence-electron chi connectivity index (χ4n) is 2.14. The largest absolute Gasteiger partial charge is 0.469 e. The first-order valence-electron chi connectivity index (χ1n) is 6.09. The Kier molecular flexibility index (Phi) is 3.32. The maximum absolute atomic E-state index is 11.8. The van der Waals surface area contributed by atoms with E-state index in [1.807, 2.05) is 19.9 Å². The van der Waals surface area contributed by atoms with Gasteiger partial charge in [0, 0.05) is 17.9 Å². The van der Waals surface area contributed by atoms with E-state index < -0.39 is 0 Å². The van der Waals surface area contributed by atoms with Crippen LogP contribution in [0.5, 0.6) is 0 Å². The van der Waals surface area contributed by atoms with Gasteiger partial charge in [-0.05, 0) is 25.3 Å². The Hall–Kier alpha value is -1.25. The van der Waals surface area contributed by atoms with Gasteiger partial charge in [-0.1, -0.05) is 13.8 Å². The van der Waals surface area contributed by atoms with E-state index in [-0.39, 0.29) is 17.9 Å². The van der Waals surface area contributed by atoms with Gasteiger partial charge >= 0.3 is 0 Å². The van der Waals surface area contributed by atoms with Crippen molar-refractivity contribution in [3.8, 4) is 0 Å². The molecule has 0 spiro atoms. The topological polar surface area (TPSA) is 42.2 Å². The molecule has 1 aliphatic rings. The first kappa shape index (κ1) is 11.2. The van der Waals surface area contributed by atoms with E-state index in [1.165, 1.54) is 5.56 Å². The molecule has 3 nitrogen and oxygen atoms in total. The minimum absolute atomic E-state index is 0.0947. The molecule has 1 aliphatic carbocycles. The van der Waals surface area contributed by atoms with Crippen LogP contribution in [-0.2, 0) is 11.2 Å². The van der Waals surface area contributed by atoms with Crippen molar-refractivity contribution in [3.05, 3.63) is 23.7 Å². The van der Waals surface area contributed by atoms with Gasteiger partial charge in [0.2, 0.25) is 5.91 Å². The van der Waals surface area contributed by atoms with Crippen molar-refractivity contribution in [2.24, 2.45) is 5.92 Å². The Labute approximate surface area is 96.2 Å². The third-order valence-corrected chi connectivity index (χ3v) is 3.43. The van der Waals surface area contributed by atoms with Crippen LogP contribution in [0.2, 0.25) is 0 Å². The van der Waals surface area contributed by atoms with E-state index in [0.717, 1.165) is 31.4 Å². The molecule has 1 aromatic heterocycles. The summed E-state index contributed by atoms with van der Waals surface area (Å²) >= 11 is 0. The van der Waals surface area contributed by atoms with Crippen LogP contribution in [0.25, 0.3) is 0 Å². The van der Waals surface area contributed by atoms with Crippen molar-refractivity contribution in [2.75, 3.05) is 0 Å². The highest BCUT2D eigenvalue weighted by Crippen LogP contribution is 2.30. The van der Waals surface area contributed by atoms with Gasteiger partial charge in [0.25, 0.3) is 0 Å². The second-order valence-electron chi connectivity index (χ2n) is 4.56. The van der Waals surface area contributed by atoms with Crippen molar-refractivity contribution in [2.45, 2.75) is 45.6 Å². The number of aryl methyl sites for hydroxylation is 1. The predicted octanol–water partition coefficient (Wildman–Crippen LogP) is 2.82. The van der Waals surface area contributed by atoms with E-state index in [4.69, 9.17) is 4.42 Å². The normalized spacial score (nSPS) is 21.2. The smallest absolute Gasteiger partial charge is 0.223 e. The number of nitrogens with one attached hydrogen (secondary N) is 1. The molecule has 2 atom stereocenters. The van der Waals surface area contributed by atoms with Gasteiger partial charge in [-0.3, -0.25) is 4.79 Å². The number of hydrogen-bond donors (Lipinski definition) is 1. The number of furan rings is 1. The van der Waals surface area contributed by atoms with Crippen molar-refractivity contribution in [1.29, 1.82) is 0 Å². The predicted molar refractivity (Wildman–Crippen MR) is 62.0 cm³/mol. The van der Waals surface area contributed by atoms with Crippen LogP contribution in [0.1, 0.15) is 50.5 Å². The third-order valence-electron chi connectivity index (χ3n) is 3.43. The number of amides is 1. The molecule has 3 heteroatoms. The Bertz CT molecular complexity index is 370. The highest BCUT2D eigenvalue weighted by Gasteiger charge is 2.25. The number of carbonyl (C=O) groups excluding carboxylic acids is 1. The van der Waals surface area contributed by atoms with Crippen LogP contribution in [-0.4, -0.2) is 5.91 Å². The minimum atomic E-state index is 0.0947. The SMILES string of the molecule is CCC(C)C(=O)NC1CCCc2occc21. The van der Waals surface area contributed by atoms with Gasteiger partial charge < -0.3 is 9.73 Å². The molecular weight excluding hydrogens is 202 g/mol. The summed E-state index contributed by atoms with van der Waals surface area (Å²) in [5.74, 6) is 1.29. The van der Waals surface area contributed by atoms with Crippen molar-refractivity contribution < 1.29 is 9.21 Å². The van der Waals surface area contributed by atoms with E-state index in [2.05, 4.69) is 5.32 Å². The molecule has 1 aromatic rings. The lowest BCUT2D eigenvalue weighted by Crippen LogP contribution is -2.34. The highest BCUT2D eigenvalue weighted by molar-refractivity contribution is 5.78. The summed E-state index contributed by atoms with van der Waals surface area (Å²) in [6.07, 6.45) is 5.72. The summed E-state index contributed by atoms with van der Waals surface area (Å²) in [7, 11) is 0. The molecule has 0 radical (unpaired) electrons. The first-order chi connectivity index (χ1) is 7.72. The molecule has 0 bridgehead atoms. The highest BCUT2D eigenvalue weighted by atomic mass is 16.3. The van der Waals surface area contributed by atoms with Gasteiger partial charge in [0.15, 0.2) is 0 Å². The monoisotopic (exact) mass is 221 g/mol. The molecule has 2 unspecified atom stereocenters. The molecule has 0 saturated heterocycles. The van der Waals surface area contributed by atoms with E-state index in [1.54, 1.807) is 6.26 Å². The van der Waals surface area contributed by atoms with Crippen molar-refractivity contribution in [3.63, 3.8) is 0 Å². The Balaban J connectivity index is 2.05. The first-order valence-corrected chi connectivity index (χ1v) is 6.09. The van der Waals surface area contributed by atoms with Crippen LogP contribution < -0.4 is 5.32 Å². The summed E-state index contributed by atoms with van der Waals surface area (Å²) in [5.41, 5.74) is 1.17. The third kappa shape index (κ3) is 2.13. The van der Waals surface area contributed by atoms with Crippen LogP contribution in [0.3, 0.4) is 0 Å². The summed E-state index contributed by atoms with van der Waals surface area (Å²) in [4.78, 5) is 11.8. The Morgan fingerprint density at radius 1 is 1.69 bits per heavy atom. The zero-order chi connectivity index (χ0) is 11.5. The number of rotatable bonds is 3. The molecule has 88 valence electrons. The average molecular weight is 221 g/mol. The molecule has 2 rings (SSSR count). The Morgan fingerprint density at radius 3 is 3.25 bits per heavy atom. The van der Waals surface area contributed by atoms with Gasteiger partial charge in [-0.2, -0.15) is 0 Å². The molecule has 1 amide bonds. The van der Waals surface area contributed by atoms with Gasteiger partial charge in [-0.15, -0.1) is 0 Å². The number of fused-ring (bicyclic) bond motifs is 1. The second kappa shape index (κ2) is 4.73. The van der Waals surface area contributed by atoms with E-state index in [0.29, 0.717) is 0 Å². The summed E-state index contributed by atoms with van der Waals surface area (Å²) < 4.78 is 5.40. The lowest BCUT2D eigenvalue weighted by molar-refractivity contribution is -0.125. The number of carbonyl (C=O) groups is 1. The van der Waals surface area contributed by atoms with E-state index >= 15 is 0 Å². The lowest BCUT2D eigenvalue weighted by atomic mass is 9.93. The van der Waals surface area contributed by atoms with Crippen LogP contribution in [0.15, 0.2) is 16.7 Å². The number of hydrogen-bond acceptors (Lipinski definition) is 2. The second-order valence-corrected chi connectivity index (χ2v) is 4.56.